The quantitative estimate of drug-likeness (QED) is 0.494. The molecule has 0 radical (unpaired) electrons. The molecule has 1 aromatic carbocycles. The average Bonchev–Trinajstić information content (AvgIpc) is 2.75. The fourth-order valence-corrected chi connectivity index (χ4v) is 3.41. The van der Waals surface area contributed by atoms with Crippen molar-refractivity contribution in [1.82, 2.24) is 4.98 Å². The number of hydrogen-bond donors (Lipinski definition) is 0. The SMILES string of the molecule is CCc1c2c(F)c3sc(F)c(F)c3c(F)c2nc(C)[n+]1C. The lowest BCUT2D eigenvalue weighted by atomic mass is 10.1. The van der Waals surface area contributed by atoms with Crippen LogP contribution in [0.3, 0.4) is 0 Å². The second-order valence-electron chi connectivity index (χ2n) is 4.76. The third-order valence-corrected chi connectivity index (χ3v) is 4.63. The third kappa shape index (κ3) is 1.76. The molecule has 0 N–H and O–H groups in total. The highest BCUT2D eigenvalue weighted by Gasteiger charge is 2.29. The molecule has 0 aliphatic heterocycles. The molecule has 3 aromatic rings. The highest BCUT2D eigenvalue weighted by Crippen LogP contribution is 2.37. The van der Waals surface area contributed by atoms with Crippen LogP contribution in [0.5, 0.6) is 0 Å². The first-order valence-electron chi connectivity index (χ1n) is 6.32. The molecule has 0 saturated heterocycles. The molecular weight excluding hydrogens is 304 g/mol. The van der Waals surface area contributed by atoms with Gasteiger partial charge in [-0.2, -0.15) is 4.39 Å². The van der Waals surface area contributed by atoms with E-state index in [-0.39, 0.29) is 26.9 Å². The van der Waals surface area contributed by atoms with Gasteiger partial charge in [0.15, 0.2) is 17.5 Å². The third-order valence-electron chi connectivity index (χ3n) is 3.68. The van der Waals surface area contributed by atoms with Crippen molar-refractivity contribution in [3.05, 3.63) is 34.1 Å². The number of thiophene rings is 1. The minimum absolute atomic E-state index is 0.0168. The van der Waals surface area contributed by atoms with Gasteiger partial charge in [-0.15, -0.1) is 0 Å². The summed E-state index contributed by atoms with van der Waals surface area (Å²) >= 11 is 0.270. The topological polar surface area (TPSA) is 16.8 Å². The molecular formula is C14H11F4N2S+. The number of aryl methyl sites for hydroxylation is 2. The number of benzene rings is 1. The molecule has 0 unspecified atom stereocenters. The van der Waals surface area contributed by atoms with Crippen molar-refractivity contribution >= 4 is 32.3 Å². The van der Waals surface area contributed by atoms with Gasteiger partial charge in [0.1, 0.15) is 11.1 Å². The molecule has 21 heavy (non-hydrogen) atoms. The van der Waals surface area contributed by atoms with Crippen LogP contribution in [0.1, 0.15) is 18.4 Å². The monoisotopic (exact) mass is 315 g/mol. The number of nitrogens with zero attached hydrogens (tertiary/aromatic N) is 2. The molecule has 0 aliphatic rings. The Bertz CT molecular complexity index is 902. The minimum atomic E-state index is -1.36. The van der Waals surface area contributed by atoms with Gasteiger partial charge in [-0.1, -0.05) is 18.3 Å². The van der Waals surface area contributed by atoms with Crippen molar-refractivity contribution in [2.24, 2.45) is 7.05 Å². The lowest BCUT2D eigenvalue weighted by Crippen LogP contribution is -2.38. The van der Waals surface area contributed by atoms with Crippen LogP contribution in [-0.2, 0) is 13.5 Å². The number of fused-ring (bicyclic) bond motifs is 2. The Morgan fingerprint density at radius 2 is 1.71 bits per heavy atom. The van der Waals surface area contributed by atoms with Crippen LogP contribution < -0.4 is 4.57 Å². The largest absolute Gasteiger partial charge is 0.296 e. The normalized spacial score (nSPS) is 11.8. The molecule has 0 saturated carbocycles. The van der Waals surface area contributed by atoms with E-state index in [0.29, 0.717) is 17.9 Å². The molecule has 2 aromatic heterocycles. The zero-order valence-corrected chi connectivity index (χ0v) is 12.3. The second kappa shape index (κ2) is 4.62. The molecule has 0 amide bonds. The van der Waals surface area contributed by atoms with E-state index >= 15 is 0 Å². The Morgan fingerprint density at radius 3 is 2.33 bits per heavy atom. The van der Waals surface area contributed by atoms with E-state index in [0.717, 1.165) is 0 Å². The molecule has 0 spiro atoms. The second-order valence-corrected chi connectivity index (χ2v) is 5.73. The Kier molecular flexibility index (Phi) is 3.12. The summed E-state index contributed by atoms with van der Waals surface area (Å²) in [6.07, 6.45) is 0.439. The fraction of sp³-hybridized carbons (Fsp3) is 0.286. The Morgan fingerprint density at radius 1 is 1.05 bits per heavy atom. The van der Waals surface area contributed by atoms with Crippen LogP contribution in [0.2, 0.25) is 0 Å². The van der Waals surface area contributed by atoms with Gasteiger partial charge >= 0.3 is 0 Å². The summed E-state index contributed by atoms with van der Waals surface area (Å²) in [5.41, 5.74) is 0.272. The molecule has 0 atom stereocenters. The van der Waals surface area contributed by atoms with Gasteiger partial charge in [-0.05, 0) is 4.98 Å². The van der Waals surface area contributed by atoms with Crippen molar-refractivity contribution in [2.75, 3.05) is 0 Å². The molecule has 3 rings (SSSR count). The predicted octanol–water partition coefficient (Wildman–Crippen LogP) is 3.70. The van der Waals surface area contributed by atoms with Gasteiger partial charge < -0.3 is 0 Å². The smallest absolute Gasteiger partial charge is 0.234 e. The van der Waals surface area contributed by atoms with E-state index in [1.165, 1.54) is 0 Å². The Balaban J connectivity index is 2.68. The molecule has 110 valence electrons. The number of rotatable bonds is 1. The lowest BCUT2D eigenvalue weighted by Gasteiger charge is -2.07. The molecule has 0 aliphatic carbocycles. The van der Waals surface area contributed by atoms with Crippen molar-refractivity contribution in [1.29, 1.82) is 0 Å². The van der Waals surface area contributed by atoms with Crippen LogP contribution in [-0.4, -0.2) is 4.98 Å². The first-order valence-corrected chi connectivity index (χ1v) is 7.13. The standard InChI is InChI=1S/C14H11F4N2S/c1-4-6-7-10(16)13-8(11(17)14(18)21-13)9(15)12(7)19-5(2)20(6)3/h4H2,1-3H3/q+1. The van der Waals surface area contributed by atoms with Crippen LogP contribution >= 0.6 is 11.3 Å². The summed E-state index contributed by atoms with van der Waals surface area (Å²) in [7, 11) is 1.69. The summed E-state index contributed by atoms with van der Waals surface area (Å²) in [5, 5.41) is -1.90. The first-order chi connectivity index (χ1) is 9.88. The molecule has 2 heterocycles. The summed E-state index contributed by atoms with van der Waals surface area (Å²) < 4.78 is 57.5. The Hall–Kier alpha value is -1.76. The van der Waals surface area contributed by atoms with Gasteiger partial charge in [0.2, 0.25) is 10.6 Å². The zero-order valence-electron chi connectivity index (χ0n) is 11.5. The number of halogens is 4. The number of aromatic nitrogens is 2. The maximum absolute atomic E-state index is 14.7. The highest BCUT2D eigenvalue weighted by molar-refractivity contribution is 7.17. The highest BCUT2D eigenvalue weighted by atomic mass is 32.1. The maximum atomic E-state index is 14.7. The molecule has 0 fully saturated rings. The van der Waals surface area contributed by atoms with Crippen LogP contribution in [0.4, 0.5) is 17.6 Å². The number of hydrogen-bond acceptors (Lipinski definition) is 2. The van der Waals surface area contributed by atoms with Crippen molar-refractivity contribution in [3.63, 3.8) is 0 Å². The minimum Gasteiger partial charge on any atom is -0.234 e. The summed E-state index contributed by atoms with van der Waals surface area (Å²) in [5.74, 6) is -2.74. The lowest BCUT2D eigenvalue weighted by molar-refractivity contribution is -0.686. The Labute approximate surface area is 121 Å². The van der Waals surface area contributed by atoms with Gasteiger partial charge in [0, 0.05) is 13.3 Å². The fourth-order valence-electron chi connectivity index (χ4n) is 2.56. The van der Waals surface area contributed by atoms with E-state index in [1.54, 1.807) is 25.5 Å². The van der Waals surface area contributed by atoms with Gasteiger partial charge in [0.25, 0.3) is 5.82 Å². The van der Waals surface area contributed by atoms with Gasteiger partial charge in [-0.3, -0.25) is 0 Å². The van der Waals surface area contributed by atoms with Crippen molar-refractivity contribution < 1.29 is 22.1 Å². The van der Waals surface area contributed by atoms with Gasteiger partial charge in [0.05, 0.1) is 17.1 Å². The van der Waals surface area contributed by atoms with Crippen LogP contribution in [0, 0.1) is 29.5 Å². The van der Waals surface area contributed by atoms with Crippen LogP contribution in [0.15, 0.2) is 0 Å². The molecule has 2 nitrogen and oxygen atoms in total. The predicted molar refractivity (Wildman–Crippen MR) is 72.2 cm³/mol. The van der Waals surface area contributed by atoms with E-state index in [4.69, 9.17) is 0 Å². The van der Waals surface area contributed by atoms with E-state index < -0.39 is 28.0 Å². The van der Waals surface area contributed by atoms with Crippen LogP contribution in [0.25, 0.3) is 21.0 Å². The molecule has 7 heteroatoms. The summed E-state index contributed by atoms with van der Waals surface area (Å²) in [4.78, 5) is 4.01. The molecule has 0 bridgehead atoms. The maximum Gasteiger partial charge on any atom is 0.296 e. The summed E-state index contributed by atoms with van der Waals surface area (Å²) in [6.45, 7) is 3.44. The van der Waals surface area contributed by atoms with E-state index in [1.807, 2.05) is 0 Å². The van der Waals surface area contributed by atoms with Crippen molar-refractivity contribution in [3.8, 4) is 0 Å². The average molecular weight is 315 g/mol. The zero-order chi connectivity index (χ0) is 15.5. The van der Waals surface area contributed by atoms with E-state index in [9.17, 15) is 17.6 Å². The van der Waals surface area contributed by atoms with Gasteiger partial charge in [-0.25, -0.2) is 17.7 Å². The summed E-state index contributed by atoms with van der Waals surface area (Å²) in [6, 6.07) is 0. The first kappa shape index (κ1) is 14.2. The van der Waals surface area contributed by atoms with Crippen molar-refractivity contribution in [2.45, 2.75) is 20.3 Å². The van der Waals surface area contributed by atoms with E-state index in [2.05, 4.69) is 4.98 Å².